The number of aromatic amines is 2. The molecule has 0 radical (unpaired) electrons. The normalized spacial score (nSPS) is 9.44. The van der Waals surface area contributed by atoms with Crippen molar-refractivity contribution in [2.24, 2.45) is 0 Å². The third kappa shape index (κ3) is 1.04. The highest BCUT2D eigenvalue weighted by molar-refractivity contribution is 4.83. The molecule has 0 aliphatic heterocycles. The zero-order valence-corrected chi connectivity index (χ0v) is 4.27. The van der Waals surface area contributed by atoms with E-state index in [0.717, 1.165) is 0 Å². The predicted molar refractivity (Wildman–Crippen MR) is 27.6 cm³/mol. The Labute approximate surface area is 48.4 Å². The molecule has 4 nitrogen and oxygen atoms in total. The van der Waals surface area contributed by atoms with Gasteiger partial charge in [-0.25, -0.2) is 4.79 Å². The number of hydrogen-bond donors (Lipinski definition) is 2. The maximum absolute atomic E-state index is 12.0. The van der Waals surface area contributed by atoms with Crippen molar-refractivity contribution in [3.05, 3.63) is 32.9 Å². The van der Waals surface area contributed by atoms with Gasteiger partial charge in [0.2, 0.25) is 5.82 Å². The second-order valence-electron chi connectivity index (χ2n) is 1.42. The lowest BCUT2D eigenvalue weighted by molar-refractivity contribution is 0.597. The number of H-pyrrole nitrogens is 2. The van der Waals surface area contributed by atoms with Crippen LogP contribution in [0.25, 0.3) is 0 Å². The molecule has 1 aromatic rings. The molecule has 0 aliphatic rings. The fourth-order valence-electron chi connectivity index (χ4n) is 0.393. The largest absolute Gasteiger partial charge is 0.325 e. The topological polar surface area (TPSA) is 65.7 Å². The Balaban J connectivity index is 3.52. The van der Waals surface area contributed by atoms with Crippen molar-refractivity contribution in [3.8, 4) is 0 Å². The number of nitrogens with one attached hydrogen (secondary N) is 2. The highest BCUT2D eigenvalue weighted by atomic mass is 19.1. The first kappa shape index (κ1) is 5.74. The van der Waals surface area contributed by atoms with Crippen LogP contribution in [-0.2, 0) is 0 Å². The summed E-state index contributed by atoms with van der Waals surface area (Å²) in [5.74, 6) is -0.991. The van der Waals surface area contributed by atoms with Gasteiger partial charge < -0.3 is 4.98 Å². The van der Waals surface area contributed by atoms with Gasteiger partial charge in [-0.1, -0.05) is 0 Å². The second-order valence-corrected chi connectivity index (χ2v) is 1.42. The van der Waals surface area contributed by atoms with E-state index in [9.17, 15) is 14.0 Å². The lowest BCUT2D eigenvalue weighted by Gasteiger charge is -1.81. The SMILES string of the molecule is O=c1[15nH]cc(F)c(=O)[15nH]1. The van der Waals surface area contributed by atoms with E-state index in [1.807, 2.05) is 4.98 Å². The summed E-state index contributed by atoms with van der Waals surface area (Å²) in [4.78, 5) is 24.0. The van der Waals surface area contributed by atoms with Crippen molar-refractivity contribution in [2.75, 3.05) is 0 Å². The summed E-state index contributed by atoms with van der Waals surface area (Å²) in [5.41, 5.74) is -1.71. The number of hydrogen-bond acceptors (Lipinski definition) is 2. The van der Waals surface area contributed by atoms with Gasteiger partial charge in [0.1, 0.15) is 0 Å². The maximum atomic E-state index is 12.0. The quantitative estimate of drug-likeness (QED) is 0.485. The van der Waals surface area contributed by atoms with Gasteiger partial charge in [0.15, 0.2) is 0 Å². The first-order chi connectivity index (χ1) is 4.20. The summed E-state index contributed by atoms with van der Waals surface area (Å²) in [6.45, 7) is 0. The first-order valence-electron chi connectivity index (χ1n) is 2.17. The number of rotatable bonds is 0. The minimum absolute atomic E-state index is 0.707. The van der Waals surface area contributed by atoms with Gasteiger partial charge in [0, 0.05) is 6.20 Å². The molecule has 0 aromatic carbocycles. The monoisotopic (exact) mass is 132 g/mol. The summed E-state index contributed by atoms with van der Waals surface area (Å²) in [5, 5.41) is 0. The molecule has 0 saturated heterocycles. The lowest BCUT2D eigenvalue weighted by Crippen LogP contribution is -2.23. The molecular weight excluding hydrogens is 129 g/mol. The second kappa shape index (κ2) is 1.85. The van der Waals surface area contributed by atoms with Crippen LogP contribution in [0, 0.1) is 5.82 Å². The smallest absolute Gasteiger partial charge is 0.311 e. The van der Waals surface area contributed by atoms with Crippen molar-refractivity contribution in [1.29, 1.82) is 0 Å². The minimum atomic E-state index is -1.00. The van der Waals surface area contributed by atoms with Gasteiger partial charge in [-0.05, 0) is 0 Å². The number of aromatic nitrogens is 2. The molecule has 5 heteroatoms. The Morgan fingerprint density at radius 2 is 2.11 bits per heavy atom. The average molecular weight is 132 g/mol. The Bertz CT molecular complexity index is 313. The molecule has 0 bridgehead atoms. The predicted octanol–water partition coefficient (Wildman–Crippen LogP) is -0.798. The Hall–Kier alpha value is -1.39. The van der Waals surface area contributed by atoms with E-state index >= 15 is 0 Å². The van der Waals surface area contributed by atoms with Crippen LogP contribution in [-0.4, -0.2) is 9.97 Å². The van der Waals surface area contributed by atoms with Crippen LogP contribution in [0.5, 0.6) is 0 Å². The molecule has 48 valence electrons. The van der Waals surface area contributed by atoms with Crippen LogP contribution in [0.2, 0.25) is 0 Å². The highest BCUT2D eigenvalue weighted by Gasteiger charge is 1.93. The summed E-state index contributed by atoms with van der Waals surface area (Å²) in [6.07, 6.45) is 0.709. The average Bonchev–Trinajstić information content (AvgIpc) is 1.80. The lowest BCUT2D eigenvalue weighted by atomic mass is 10.7. The molecule has 0 saturated carbocycles. The molecule has 2 N–H and O–H groups in total. The zero-order chi connectivity index (χ0) is 6.85. The van der Waals surface area contributed by atoms with Crippen molar-refractivity contribution < 1.29 is 4.39 Å². The number of halogens is 1. The maximum Gasteiger partial charge on any atom is 0.325 e. The molecule has 0 atom stereocenters. The Morgan fingerprint density at radius 1 is 1.44 bits per heavy atom. The van der Waals surface area contributed by atoms with Crippen LogP contribution in [0.3, 0.4) is 0 Å². The van der Waals surface area contributed by atoms with Gasteiger partial charge >= 0.3 is 5.69 Å². The Kier molecular flexibility index (Phi) is 1.18. The van der Waals surface area contributed by atoms with Crippen LogP contribution in [0.1, 0.15) is 0 Å². The van der Waals surface area contributed by atoms with Gasteiger partial charge in [0.25, 0.3) is 5.56 Å². The van der Waals surface area contributed by atoms with E-state index in [1.165, 1.54) is 0 Å². The van der Waals surface area contributed by atoms with Crippen molar-refractivity contribution in [3.63, 3.8) is 0 Å². The summed E-state index contributed by atoms with van der Waals surface area (Å²) in [7, 11) is 0. The standard InChI is InChI=1S/C4H3FN2O2/c5-2-1-6-4(9)7-3(2)8/h1H,(H2,6,7,8,9)/i6+1,7+1. The summed E-state index contributed by atoms with van der Waals surface area (Å²) in [6, 6.07) is 0. The highest BCUT2D eigenvalue weighted by Crippen LogP contribution is 1.74. The molecule has 0 aliphatic carbocycles. The first-order valence-corrected chi connectivity index (χ1v) is 2.17. The van der Waals surface area contributed by atoms with Crippen molar-refractivity contribution in [2.45, 2.75) is 0 Å². The van der Waals surface area contributed by atoms with Crippen molar-refractivity contribution >= 4 is 0 Å². The molecular formula is C4H3FN2O2. The molecule has 0 amide bonds. The van der Waals surface area contributed by atoms with E-state index in [1.54, 1.807) is 4.98 Å². The third-order valence-corrected chi connectivity index (χ3v) is 0.774. The van der Waals surface area contributed by atoms with Crippen LogP contribution in [0.15, 0.2) is 15.8 Å². The van der Waals surface area contributed by atoms with Gasteiger partial charge in [0.05, 0.1) is 0 Å². The molecule has 0 fully saturated rings. The third-order valence-electron chi connectivity index (χ3n) is 0.774. The molecule has 1 heterocycles. The van der Waals surface area contributed by atoms with Crippen molar-refractivity contribution in [1.82, 2.24) is 9.97 Å². The molecule has 1 aromatic heterocycles. The van der Waals surface area contributed by atoms with E-state index in [0.29, 0.717) is 6.20 Å². The van der Waals surface area contributed by atoms with Crippen LogP contribution in [0.4, 0.5) is 4.39 Å². The Morgan fingerprint density at radius 3 is 2.56 bits per heavy atom. The minimum Gasteiger partial charge on any atom is -0.311 e. The fourth-order valence-corrected chi connectivity index (χ4v) is 0.393. The van der Waals surface area contributed by atoms with Crippen LogP contribution >= 0.6 is 0 Å². The zero-order valence-electron chi connectivity index (χ0n) is 4.27. The van der Waals surface area contributed by atoms with E-state index in [-0.39, 0.29) is 0 Å². The summed E-state index contributed by atoms with van der Waals surface area (Å²) < 4.78 is 12.0. The van der Waals surface area contributed by atoms with Gasteiger partial charge in [-0.2, -0.15) is 4.39 Å². The fraction of sp³-hybridized carbons (Fsp3) is 0. The van der Waals surface area contributed by atoms with Gasteiger partial charge in [-0.15, -0.1) is 0 Å². The van der Waals surface area contributed by atoms with E-state index in [4.69, 9.17) is 0 Å². The van der Waals surface area contributed by atoms with E-state index in [2.05, 4.69) is 0 Å². The molecule has 0 spiro atoms. The summed E-state index contributed by atoms with van der Waals surface area (Å²) >= 11 is 0. The molecule has 0 unspecified atom stereocenters. The van der Waals surface area contributed by atoms with Gasteiger partial charge in [-0.3, -0.25) is 9.78 Å². The van der Waals surface area contributed by atoms with Crippen LogP contribution < -0.4 is 11.2 Å². The van der Waals surface area contributed by atoms with E-state index < -0.39 is 17.1 Å². The molecule has 1 rings (SSSR count). The molecule has 9 heavy (non-hydrogen) atoms.